The predicted octanol–water partition coefficient (Wildman–Crippen LogP) is 2.40. The molecule has 2 heterocycles. The maximum atomic E-state index is 13.1. The number of fused-ring (bicyclic) bond motifs is 1. The van der Waals surface area contributed by atoms with Crippen LogP contribution in [-0.4, -0.2) is 50.2 Å². The first-order chi connectivity index (χ1) is 13.6. The van der Waals surface area contributed by atoms with Gasteiger partial charge in [-0.2, -0.15) is 4.31 Å². The first-order valence-corrected chi connectivity index (χ1v) is 11.8. The summed E-state index contributed by atoms with van der Waals surface area (Å²) in [4.78, 5) is 27.1. The highest BCUT2D eigenvalue weighted by Crippen LogP contribution is 2.42. The standard InChI is InChI=1S/C21H31N3O4S/c1-5-15(2)22-19(25)14-24-18-10-9-16(13-17(18)21(3,4)20(24)26)29(27,28)23-11-7-6-8-12-23/h9-10,13,15H,5-8,11-12,14H2,1-4H3,(H,22,25)/t15-/m0/s1. The molecule has 0 spiro atoms. The van der Waals surface area contributed by atoms with Crippen LogP contribution < -0.4 is 10.2 Å². The van der Waals surface area contributed by atoms with E-state index < -0.39 is 15.4 Å². The van der Waals surface area contributed by atoms with Crippen molar-refractivity contribution in [3.8, 4) is 0 Å². The molecular formula is C21H31N3O4S. The molecule has 2 aliphatic heterocycles. The summed E-state index contributed by atoms with van der Waals surface area (Å²) in [6.45, 7) is 8.44. The van der Waals surface area contributed by atoms with Crippen LogP contribution in [0.25, 0.3) is 0 Å². The molecule has 7 nitrogen and oxygen atoms in total. The molecule has 0 aliphatic carbocycles. The Labute approximate surface area is 173 Å². The molecule has 1 saturated heterocycles. The summed E-state index contributed by atoms with van der Waals surface area (Å²) in [6.07, 6.45) is 3.59. The number of piperidine rings is 1. The lowest BCUT2D eigenvalue weighted by Crippen LogP contribution is -2.44. The lowest BCUT2D eigenvalue weighted by molar-refractivity contribution is -0.125. The van der Waals surface area contributed by atoms with Gasteiger partial charge in [0.05, 0.1) is 10.3 Å². The molecule has 1 N–H and O–H groups in total. The van der Waals surface area contributed by atoms with E-state index in [2.05, 4.69) is 5.32 Å². The molecular weight excluding hydrogens is 390 g/mol. The molecule has 1 aromatic carbocycles. The highest BCUT2D eigenvalue weighted by molar-refractivity contribution is 7.89. The van der Waals surface area contributed by atoms with Crippen LogP contribution >= 0.6 is 0 Å². The summed E-state index contributed by atoms with van der Waals surface area (Å²) in [5, 5.41) is 2.88. The van der Waals surface area contributed by atoms with Crippen LogP contribution in [-0.2, 0) is 25.0 Å². The maximum Gasteiger partial charge on any atom is 0.243 e. The van der Waals surface area contributed by atoms with Crippen LogP contribution in [0.1, 0.15) is 58.9 Å². The van der Waals surface area contributed by atoms with E-state index in [0.717, 1.165) is 25.7 Å². The van der Waals surface area contributed by atoms with E-state index in [1.54, 1.807) is 32.0 Å². The fourth-order valence-corrected chi connectivity index (χ4v) is 5.49. The van der Waals surface area contributed by atoms with Gasteiger partial charge in [0.25, 0.3) is 0 Å². The van der Waals surface area contributed by atoms with Crippen molar-refractivity contribution in [2.24, 2.45) is 0 Å². The van der Waals surface area contributed by atoms with E-state index >= 15 is 0 Å². The minimum absolute atomic E-state index is 0.0322. The minimum atomic E-state index is -3.59. The van der Waals surface area contributed by atoms with Crippen molar-refractivity contribution in [1.82, 2.24) is 9.62 Å². The average molecular weight is 422 g/mol. The second kappa shape index (κ2) is 8.07. The zero-order valence-corrected chi connectivity index (χ0v) is 18.5. The zero-order valence-electron chi connectivity index (χ0n) is 17.7. The summed E-state index contributed by atoms with van der Waals surface area (Å²) >= 11 is 0. The van der Waals surface area contributed by atoms with Crippen LogP contribution in [0.5, 0.6) is 0 Å². The van der Waals surface area contributed by atoms with Crippen LogP contribution in [0.3, 0.4) is 0 Å². The second-order valence-corrected chi connectivity index (χ2v) is 10.5. The summed E-state index contributed by atoms with van der Waals surface area (Å²) in [5.41, 5.74) is 0.369. The molecule has 2 amide bonds. The van der Waals surface area contributed by atoms with Gasteiger partial charge in [0, 0.05) is 24.8 Å². The molecule has 0 unspecified atom stereocenters. The van der Waals surface area contributed by atoms with Gasteiger partial charge in [0.2, 0.25) is 21.8 Å². The van der Waals surface area contributed by atoms with Crippen LogP contribution in [0.4, 0.5) is 5.69 Å². The maximum absolute atomic E-state index is 13.1. The summed E-state index contributed by atoms with van der Waals surface area (Å²) in [5.74, 6) is -0.416. The number of nitrogens with one attached hydrogen (secondary N) is 1. The van der Waals surface area contributed by atoms with Crippen molar-refractivity contribution in [1.29, 1.82) is 0 Å². The van der Waals surface area contributed by atoms with Gasteiger partial charge < -0.3 is 10.2 Å². The van der Waals surface area contributed by atoms with Gasteiger partial charge in [-0.3, -0.25) is 9.59 Å². The second-order valence-electron chi connectivity index (χ2n) is 8.54. The summed E-state index contributed by atoms with van der Waals surface area (Å²) < 4.78 is 27.6. The van der Waals surface area contributed by atoms with Crippen LogP contribution in [0.2, 0.25) is 0 Å². The number of anilines is 1. The van der Waals surface area contributed by atoms with Gasteiger partial charge in [0.15, 0.2) is 0 Å². The highest BCUT2D eigenvalue weighted by Gasteiger charge is 2.45. The fourth-order valence-electron chi connectivity index (χ4n) is 3.95. The number of sulfonamides is 1. The number of rotatable bonds is 6. The average Bonchev–Trinajstić information content (AvgIpc) is 2.89. The van der Waals surface area contributed by atoms with Crippen LogP contribution in [0.15, 0.2) is 23.1 Å². The monoisotopic (exact) mass is 421 g/mol. The Balaban J connectivity index is 1.91. The zero-order chi connectivity index (χ0) is 21.4. The number of benzene rings is 1. The molecule has 1 fully saturated rings. The smallest absolute Gasteiger partial charge is 0.243 e. The van der Waals surface area contributed by atoms with Crippen molar-refractivity contribution < 1.29 is 18.0 Å². The van der Waals surface area contributed by atoms with E-state index in [4.69, 9.17) is 0 Å². The predicted molar refractivity (Wildman–Crippen MR) is 112 cm³/mol. The van der Waals surface area contributed by atoms with Gasteiger partial charge in [-0.1, -0.05) is 13.3 Å². The highest BCUT2D eigenvalue weighted by atomic mass is 32.2. The number of hydrogen-bond donors (Lipinski definition) is 1. The van der Waals surface area contributed by atoms with E-state index in [1.165, 1.54) is 9.21 Å². The van der Waals surface area contributed by atoms with Crippen molar-refractivity contribution >= 4 is 27.5 Å². The van der Waals surface area contributed by atoms with Gasteiger partial charge in [0.1, 0.15) is 6.54 Å². The molecule has 0 saturated carbocycles. The van der Waals surface area contributed by atoms with Gasteiger partial charge in [-0.15, -0.1) is 0 Å². The number of carbonyl (C=O) groups is 2. The molecule has 0 bridgehead atoms. The van der Waals surface area contributed by atoms with Crippen LogP contribution in [0, 0.1) is 0 Å². The molecule has 1 atom stereocenters. The Morgan fingerprint density at radius 2 is 1.86 bits per heavy atom. The number of hydrogen-bond acceptors (Lipinski definition) is 4. The number of carbonyl (C=O) groups excluding carboxylic acids is 2. The first kappa shape index (κ1) is 21.8. The van der Waals surface area contributed by atoms with E-state index in [0.29, 0.717) is 24.3 Å². The van der Waals surface area contributed by atoms with Crippen molar-refractivity contribution in [2.45, 2.75) is 69.7 Å². The molecule has 29 heavy (non-hydrogen) atoms. The Morgan fingerprint density at radius 3 is 2.48 bits per heavy atom. The SMILES string of the molecule is CC[C@H](C)NC(=O)CN1C(=O)C(C)(C)c2cc(S(=O)(=O)N3CCCCC3)ccc21. The Bertz CT molecular complexity index is 905. The van der Waals surface area contributed by atoms with Gasteiger partial charge >= 0.3 is 0 Å². The quantitative estimate of drug-likeness (QED) is 0.764. The molecule has 160 valence electrons. The fraction of sp³-hybridized carbons (Fsp3) is 0.619. The van der Waals surface area contributed by atoms with E-state index in [-0.39, 0.29) is 29.3 Å². The van der Waals surface area contributed by atoms with E-state index in [1.807, 2.05) is 13.8 Å². The molecule has 0 radical (unpaired) electrons. The number of nitrogens with zero attached hydrogens (tertiary/aromatic N) is 2. The third-order valence-corrected chi connectivity index (χ3v) is 7.88. The minimum Gasteiger partial charge on any atom is -0.352 e. The van der Waals surface area contributed by atoms with Crippen molar-refractivity contribution in [3.63, 3.8) is 0 Å². The van der Waals surface area contributed by atoms with E-state index in [9.17, 15) is 18.0 Å². The van der Waals surface area contributed by atoms with Gasteiger partial charge in [-0.05, 0) is 63.8 Å². The molecule has 2 aliphatic rings. The molecule has 0 aromatic heterocycles. The third-order valence-electron chi connectivity index (χ3n) is 5.99. The molecule has 8 heteroatoms. The largest absolute Gasteiger partial charge is 0.352 e. The van der Waals surface area contributed by atoms with Gasteiger partial charge in [-0.25, -0.2) is 8.42 Å². The topological polar surface area (TPSA) is 86.8 Å². The number of amides is 2. The van der Waals surface area contributed by atoms with Crippen molar-refractivity contribution in [2.75, 3.05) is 24.5 Å². The van der Waals surface area contributed by atoms with Crippen molar-refractivity contribution in [3.05, 3.63) is 23.8 Å². The Hall–Kier alpha value is -1.93. The molecule has 3 rings (SSSR count). The lowest BCUT2D eigenvalue weighted by atomic mass is 9.86. The Morgan fingerprint density at radius 1 is 1.21 bits per heavy atom. The first-order valence-electron chi connectivity index (χ1n) is 10.3. The third kappa shape index (κ3) is 4.05. The Kier molecular flexibility index (Phi) is 6.06. The summed E-state index contributed by atoms with van der Waals surface area (Å²) in [6, 6.07) is 4.86. The molecule has 1 aromatic rings. The normalized spacial score (nSPS) is 20.4. The lowest BCUT2D eigenvalue weighted by Gasteiger charge is -2.26. The summed E-state index contributed by atoms with van der Waals surface area (Å²) in [7, 11) is -3.59.